The first-order valence-corrected chi connectivity index (χ1v) is 6.22. The summed E-state index contributed by atoms with van der Waals surface area (Å²) in [4.78, 5) is 18.7. The van der Waals surface area contributed by atoms with Crippen molar-refractivity contribution in [2.75, 3.05) is 37.6 Å². The van der Waals surface area contributed by atoms with Crippen LogP contribution in [0.4, 0.5) is 11.5 Å². The lowest BCUT2D eigenvalue weighted by molar-refractivity contribution is -0.385. The third kappa shape index (κ3) is 3.42. The molecular weight excluding hydrogens is 244 g/mol. The van der Waals surface area contributed by atoms with Crippen molar-refractivity contribution in [1.29, 1.82) is 0 Å². The number of hydrogen-bond acceptors (Lipinski definition) is 5. The molecule has 19 heavy (non-hydrogen) atoms. The topological polar surface area (TPSA) is 62.5 Å². The van der Waals surface area contributed by atoms with E-state index in [1.54, 1.807) is 6.07 Å². The maximum Gasteiger partial charge on any atom is 0.287 e. The van der Waals surface area contributed by atoms with Gasteiger partial charge in [0, 0.05) is 45.2 Å². The first-order valence-electron chi connectivity index (χ1n) is 6.22. The Morgan fingerprint density at radius 1 is 1.37 bits per heavy atom. The summed E-state index contributed by atoms with van der Waals surface area (Å²) in [7, 11) is 0. The fraction of sp³-hybridized carbons (Fsp3) is 0.462. The average Bonchev–Trinajstić information content (AvgIpc) is 2.46. The number of nitro groups is 1. The van der Waals surface area contributed by atoms with Crippen LogP contribution >= 0.6 is 0 Å². The maximum atomic E-state index is 10.6. The first-order chi connectivity index (χ1) is 9.20. The van der Waals surface area contributed by atoms with Gasteiger partial charge < -0.3 is 4.90 Å². The van der Waals surface area contributed by atoms with Crippen molar-refractivity contribution in [2.45, 2.75) is 6.42 Å². The Morgan fingerprint density at radius 2 is 2.11 bits per heavy atom. The lowest BCUT2D eigenvalue weighted by Crippen LogP contribution is -2.46. The molecule has 0 unspecified atom stereocenters. The van der Waals surface area contributed by atoms with Crippen LogP contribution in [0.2, 0.25) is 0 Å². The van der Waals surface area contributed by atoms with Crippen LogP contribution in [0.3, 0.4) is 0 Å². The van der Waals surface area contributed by atoms with E-state index in [1.807, 2.05) is 0 Å². The first kappa shape index (κ1) is 13.3. The summed E-state index contributed by atoms with van der Waals surface area (Å²) in [6, 6.07) is 3.20. The van der Waals surface area contributed by atoms with Gasteiger partial charge >= 0.3 is 0 Å². The lowest BCUT2D eigenvalue weighted by Gasteiger charge is -2.35. The molecule has 1 fully saturated rings. The normalized spacial score (nSPS) is 16.1. The number of nitrogens with zero attached hydrogens (tertiary/aromatic N) is 4. The number of rotatable bonds is 4. The number of piperazine rings is 1. The van der Waals surface area contributed by atoms with Gasteiger partial charge in [0.25, 0.3) is 5.69 Å². The van der Waals surface area contributed by atoms with E-state index in [0.717, 1.165) is 45.0 Å². The molecule has 2 heterocycles. The molecule has 0 aliphatic carbocycles. The van der Waals surface area contributed by atoms with E-state index >= 15 is 0 Å². The number of terminal acetylenes is 1. The highest BCUT2D eigenvalue weighted by molar-refractivity contribution is 5.43. The van der Waals surface area contributed by atoms with Crippen LogP contribution in [-0.4, -0.2) is 47.5 Å². The van der Waals surface area contributed by atoms with Crippen LogP contribution in [0.25, 0.3) is 0 Å². The zero-order valence-electron chi connectivity index (χ0n) is 10.7. The zero-order chi connectivity index (χ0) is 13.7. The van der Waals surface area contributed by atoms with E-state index in [2.05, 4.69) is 20.7 Å². The minimum absolute atomic E-state index is 0.0245. The molecule has 0 radical (unpaired) electrons. The predicted octanol–water partition coefficient (Wildman–Crippen LogP) is 1.14. The summed E-state index contributed by atoms with van der Waals surface area (Å²) in [6.07, 6.45) is 7.33. The summed E-state index contributed by atoms with van der Waals surface area (Å²) in [5, 5.41) is 10.6. The third-order valence-electron chi connectivity index (χ3n) is 3.21. The molecule has 1 saturated heterocycles. The summed E-state index contributed by atoms with van der Waals surface area (Å²) in [5.74, 6) is 3.44. The highest BCUT2D eigenvalue weighted by atomic mass is 16.6. The second kappa shape index (κ2) is 6.16. The van der Waals surface area contributed by atoms with Crippen LogP contribution in [0.5, 0.6) is 0 Å². The van der Waals surface area contributed by atoms with Crippen molar-refractivity contribution in [2.24, 2.45) is 0 Å². The molecule has 0 N–H and O–H groups in total. The Labute approximate surface area is 112 Å². The maximum absolute atomic E-state index is 10.6. The van der Waals surface area contributed by atoms with Gasteiger partial charge in [-0.15, -0.1) is 12.3 Å². The molecule has 1 aromatic rings. The van der Waals surface area contributed by atoms with E-state index in [-0.39, 0.29) is 5.69 Å². The molecule has 6 nitrogen and oxygen atoms in total. The standard InChI is InChI=1S/C13H16N4O2/c1-2-3-6-15-7-9-16(10-8-15)13-5-4-12(11-14-13)17(18)19/h1,4-5,11H,3,6-10H2. The fourth-order valence-corrected chi connectivity index (χ4v) is 2.10. The van der Waals surface area contributed by atoms with Crippen molar-refractivity contribution in [3.05, 3.63) is 28.4 Å². The Kier molecular flexibility index (Phi) is 4.31. The Morgan fingerprint density at radius 3 is 2.63 bits per heavy atom. The Balaban J connectivity index is 1.90. The van der Waals surface area contributed by atoms with Crippen molar-refractivity contribution in [3.8, 4) is 12.3 Å². The SMILES string of the molecule is C#CCCN1CCN(c2ccc([N+](=O)[O-])cn2)CC1. The lowest BCUT2D eigenvalue weighted by atomic mass is 10.3. The summed E-state index contributed by atoms with van der Waals surface area (Å²) in [6.45, 7) is 4.56. The van der Waals surface area contributed by atoms with Crippen LogP contribution in [0.15, 0.2) is 18.3 Å². The van der Waals surface area contributed by atoms with Gasteiger partial charge in [-0.1, -0.05) is 0 Å². The molecule has 0 aromatic carbocycles. The molecule has 1 aromatic heterocycles. The molecule has 0 atom stereocenters. The highest BCUT2D eigenvalue weighted by Crippen LogP contribution is 2.17. The van der Waals surface area contributed by atoms with Gasteiger partial charge in [0.2, 0.25) is 0 Å². The number of aromatic nitrogens is 1. The van der Waals surface area contributed by atoms with E-state index < -0.39 is 4.92 Å². The molecule has 2 rings (SSSR count). The molecule has 6 heteroatoms. The molecular formula is C13H16N4O2. The third-order valence-corrected chi connectivity index (χ3v) is 3.21. The molecule has 0 spiro atoms. The minimum atomic E-state index is -0.436. The van der Waals surface area contributed by atoms with Gasteiger partial charge in [-0.05, 0) is 6.07 Å². The monoisotopic (exact) mass is 260 g/mol. The Hall–Kier alpha value is -2.13. The second-order valence-corrected chi connectivity index (χ2v) is 4.41. The molecule has 0 amide bonds. The van der Waals surface area contributed by atoms with Crippen LogP contribution in [0, 0.1) is 22.5 Å². The van der Waals surface area contributed by atoms with Crippen LogP contribution in [0.1, 0.15) is 6.42 Å². The molecule has 1 aliphatic rings. The fourth-order valence-electron chi connectivity index (χ4n) is 2.10. The van der Waals surface area contributed by atoms with Crippen molar-refractivity contribution in [3.63, 3.8) is 0 Å². The minimum Gasteiger partial charge on any atom is -0.354 e. The largest absolute Gasteiger partial charge is 0.354 e. The smallest absolute Gasteiger partial charge is 0.287 e. The zero-order valence-corrected chi connectivity index (χ0v) is 10.7. The van der Waals surface area contributed by atoms with Gasteiger partial charge in [-0.2, -0.15) is 0 Å². The number of hydrogen-bond donors (Lipinski definition) is 0. The van der Waals surface area contributed by atoms with E-state index in [0.29, 0.717) is 0 Å². The van der Waals surface area contributed by atoms with Crippen molar-refractivity contribution < 1.29 is 4.92 Å². The van der Waals surface area contributed by atoms with Crippen molar-refractivity contribution >= 4 is 11.5 Å². The quantitative estimate of drug-likeness (QED) is 0.461. The van der Waals surface area contributed by atoms with Crippen LogP contribution in [-0.2, 0) is 0 Å². The summed E-state index contributed by atoms with van der Waals surface area (Å²) < 4.78 is 0. The summed E-state index contributed by atoms with van der Waals surface area (Å²) in [5.41, 5.74) is 0.0245. The Bertz CT molecular complexity index is 472. The summed E-state index contributed by atoms with van der Waals surface area (Å²) >= 11 is 0. The molecule has 1 aliphatic heterocycles. The second-order valence-electron chi connectivity index (χ2n) is 4.41. The molecule has 100 valence electrons. The number of pyridine rings is 1. The van der Waals surface area contributed by atoms with Crippen molar-refractivity contribution in [1.82, 2.24) is 9.88 Å². The predicted molar refractivity (Wildman–Crippen MR) is 73.0 cm³/mol. The van der Waals surface area contributed by atoms with E-state index in [9.17, 15) is 10.1 Å². The van der Waals surface area contributed by atoms with Gasteiger partial charge in [-0.3, -0.25) is 15.0 Å². The van der Waals surface area contributed by atoms with Gasteiger partial charge in [0.1, 0.15) is 12.0 Å². The van der Waals surface area contributed by atoms with Gasteiger partial charge in [0.05, 0.1) is 4.92 Å². The molecule has 0 saturated carbocycles. The number of anilines is 1. The molecule has 0 bridgehead atoms. The average molecular weight is 260 g/mol. The van der Waals surface area contributed by atoms with Gasteiger partial charge in [-0.25, -0.2) is 4.98 Å². The van der Waals surface area contributed by atoms with E-state index in [4.69, 9.17) is 6.42 Å². The van der Waals surface area contributed by atoms with E-state index in [1.165, 1.54) is 12.3 Å². The van der Waals surface area contributed by atoms with Gasteiger partial charge in [0.15, 0.2) is 0 Å². The highest BCUT2D eigenvalue weighted by Gasteiger charge is 2.18. The van der Waals surface area contributed by atoms with Crippen LogP contribution < -0.4 is 4.90 Å².